The smallest absolute Gasteiger partial charge is 0.310 e. The molecule has 1 fully saturated rings. The van der Waals surface area contributed by atoms with Crippen LogP contribution in [0.25, 0.3) is 0 Å². The lowest BCUT2D eigenvalue weighted by Crippen LogP contribution is -2.53. The molecule has 2 heterocycles. The van der Waals surface area contributed by atoms with Gasteiger partial charge in [-0.15, -0.1) is 0 Å². The highest BCUT2D eigenvalue weighted by atomic mass is 32.2. The molecule has 3 rings (SSSR count). The van der Waals surface area contributed by atoms with Crippen LogP contribution in [-0.4, -0.2) is 92.6 Å². The first-order valence-electron chi connectivity index (χ1n) is 11.2. The average Bonchev–Trinajstić information content (AvgIpc) is 3.33. The minimum atomic E-state index is -4.65. The summed E-state index contributed by atoms with van der Waals surface area (Å²) >= 11 is 0. The minimum absolute atomic E-state index is 0.0918. The molecular formula is C22H31F3N6O3S. The van der Waals surface area contributed by atoms with Gasteiger partial charge in [0.1, 0.15) is 5.69 Å². The molecule has 0 bridgehead atoms. The number of aromatic nitrogens is 2. The van der Waals surface area contributed by atoms with Gasteiger partial charge in [0, 0.05) is 38.4 Å². The monoisotopic (exact) mass is 516 g/mol. The number of alkyl halides is 3. The molecule has 0 saturated carbocycles. The standard InChI is InChI=1S/C22H31F3N6O3S/c1-28(2)13-14-29(3)20-7-5-6-12-31(20)35(33,34)17-10-8-16(9-11-17)30(4)21(32)18-15-19(27-26-18)22(23,24)25/h8-11,15,20H,5-7,12-14H2,1-4H3,(H,26,27). The summed E-state index contributed by atoms with van der Waals surface area (Å²) in [5, 5.41) is 5.26. The van der Waals surface area contributed by atoms with E-state index in [2.05, 4.69) is 10.00 Å². The van der Waals surface area contributed by atoms with Crippen molar-refractivity contribution in [1.29, 1.82) is 0 Å². The van der Waals surface area contributed by atoms with Gasteiger partial charge in [-0.05, 0) is 64.7 Å². The number of piperidine rings is 1. The molecule has 2 aromatic rings. The maximum atomic E-state index is 13.5. The van der Waals surface area contributed by atoms with Gasteiger partial charge in [0.05, 0.1) is 11.1 Å². The van der Waals surface area contributed by atoms with Crippen molar-refractivity contribution >= 4 is 21.6 Å². The molecule has 194 valence electrons. The van der Waals surface area contributed by atoms with Crippen molar-refractivity contribution in [1.82, 2.24) is 24.3 Å². The molecule has 1 amide bonds. The molecule has 1 N–H and O–H groups in total. The number of carbonyl (C=O) groups excluding carboxylic acids is 1. The number of nitrogens with zero attached hydrogens (tertiary/aromatic N) is 5. The van der Waals surface area contributed by atoms with E-state index in [0.29, 0.717) is 18.3 Å². The van der Waals surface area contributed by atoms with Crippen LogP contribution in [0.3, 0.4) is 0 Å². The predicted molar refractivity (Wildman–Crippen MR) is 125 cm³/mol. The Morgan fingerprint density at radius 1 is 1.11 bits per heavy atom. The maximum Gasteiger partial charge on any atom is 0.432 e. The molecular weight excluding hydrogens is 485 g/mol. The molecule has 0 radical (unpaired) electrons. The molecule has 0 aliphatic carbocycles. The van der Waals surface area contributed by atoms with Crippen molar-refractivity contribution in [2.75, 3.05) is 52.7 Å². The fourth-order valence-corrected chi connectivity index (χ4v) is 5.66. The van der Waals surface area contributed by atoms with E-state index >= 15 is 0 Å². The number of H-pyrrole nitrogens is 1. The fourth-order valence-electron chi connectivity index (χ4n) is 3.96. The van der Waals surface area contributed by atoms with Crippen LogP contribution in [0.15, 0.2) is 35.2 Å². The number of amides is 1. The first-order chi connectivity index (χ1) is 16.3. The van der Waals surface area contributed by atoms with Gasteiger partial charge >= 0.3 is 6.18 Å². The number of carbonyl (C=O) groups is 1. The summed E-state index contributed by atoms with van der Waals surface area (Å²) in [6.45, 7) is 1.94. The van der Waals surface area contributed by atoms with Crippen LogP contribution in [0, 0.1) is 0 Å². The maximum absolute atomic E-state index is 13.5. The summed E-state index contributed by atoms with van der Waals surface area (Å²) < 4.78 is 66.8. The minimum Gasteiger partial charge on any atom is -0.310 e. The normalized spacial score (nSPS) is 17.8. The van der Waals surface area contributed by atoms with Crippen LogP contribution in [0.2, 0.25) is 0 Å². The van der Waals surface area contributed by atoms with Crippen molar-refractivity contribution in [2.24, 2.45) is 0 Å². The number of aromatic amines is 1. The Kier molecular flexibility index (Phi) is 8.25. The quantitative estimate of drug-likeness (QED) is 0.580. The zero-order valence-electron chi connectivity index (χ0n) is 20.2. The van der Waals surface area contributed by atoms with Gasteiger partial charge < -0.3 is 9.80 Å². The van der Waals surface area contributed by atoms with E-state index in [9.17, 15) is 26.4 Å². The zero-order chi connectivity index (χ0) is 26.0. The Balaban J connectivity index is 1.77. The number of rotatable bonds is 8. The van der Waals surface area contributed by atoms with E-state index in [-0.39, 0.29) is 11.1 Å². The summed E-state index contributed by atoms with van der Waals surface area (Å²) in [7, 11) is 3.45. The number of hydrogen-bond donors (Lipinski definition) is 1. The van der Waals surface area contributed by atoms with Gasteiger partial charge in [0.15, 0.2) is 5.69 Å². The van der Waals surface area contributed by atoms with Crippen molar-refractivity contribution < 1.29 is 26.4 Å². The van der Waals surface area contributed by atoms with Gasteiger partial charge in [0.2, 0.25) is 10.0 Å². The number of nitrogens with one attached hydrogen (secondary N) is 1. The molecule has 9 nitrogen and oxygen atoms in total. The SMILES string of the molecule is CN(C)CCN(C)C1CCCCN1S(=O)(=O)c1ccc(N(C)C(=O)c2cc(C(F)(F)F)[nH]n2)cc1. The second-order valence-electron chi connectivity index (χ2n) is 8.90. The average molecular weight is 517 g/mol. The van der Waals surface area contributed by atoms with Crippen LogP contribution in [0.5, 0.6) is 0 Å². The number of hydrogen-bond acceptors (Lipinski definition) is 6. The van der Waals surface area contributed by atoms with Crippen molar-refractivity contribution in [3.63, 3.8) is 0 Å². The van der Waals surface area contributed by atoms with Gasteiger partial charge in [-0.25, -0.2) is 8.42 Å². The number of benzene rings is 1. The molecule has 1 aromatic carbocycles. The number of halogens is 3. The molecule has 0 spiro atoms. The van der Waals surface area contributed by atoms with Crippen LogP contribution < -0.4 is 4.90 Å². The predicted octanol–water partition coefficient (Wildman–Crippen LogP) is 2.70. The van der Waals surface area contributed by atoms with E-state index in [4.69, 9.17) is 0 Å². The van der Waals surface area contributed by atoms with Gasteiger partial charge in [-0.1, -0.05) is 0 Å². The van der Waals surface area contributed by atoms with Gasteiger partial charge in [-0.3, -0.25) is 14.8 Å². The highest BCUT2D eigenvalue weighted by Crippen LogP contribution is 2.30. The molecule has 35 heavy (non-hydrogen) atoms. The third-order valence-electron chi connectivity index (χ3n) is 6.07. The van der Waals surface area contributed by atoms with Crippen LogP contribution in [0.4, 0.5) is 18.9 Å². The van der Waals surface area contributed by atoms with Crippen LogP contribution in [0.1, 0.15) is 35.4 Å². The van der Waals surface area contributed by atoms with E-state index in [0.717, 1.165) is 37.3 Å². The molecule has 1 saturated heterocycles. The zero-order valence-corrected chi connectivity index (χ0v) is 21.0. The van der Waals surface area contributed by atoms with Crippen molar-refractivity contribution in [2.45, 2.75) is 36.5 Å². The van der Waals surface area contributed by atoms with Gasteiger partial charge in [0.25, 0.3) is 5.91 Å². The van der Waals surface area contributed by atoms with Gasteiger partial charge in [-0.2, -0.15) is 22.6 Å². The molecule has 1 aliphatic heterocycles. The number of anilines is 1. The Bertz CT molecular complexity index is 1120. The Morgan fingerprint density at radius 2 is 1.77 bits per heavy atom. The largest absolute Gasteiger partial charge is 0.432 e. The third-order valence-corrected chi connectivity index (χ3v) is 7.98. The van der Waals surface area contributed by atoms with Crippen LogP contribution in [-0.2, 0) is 16.2 Å². The Labute approximate surface area is 203 Å². The topological polar surface area (TPSA) is 92.9 Å². The Morgan fingerprint density at radius 3 is 2.34 bits per heavy atom. The summed E-state index contributed by atoms with van der Waals surface area (Å²) in [6, 6.07) is 6.37. The third kappa shape index (κ3) is 6.21. The molecule has 1 aromatic heterocycles. The number of likely N-dealkylation sites (N-methyl/N-ethyl adjacent to an activating group) is 2. The molecule has 1 aliphatic rings. The van der Waals surface area contributed by atoms with Crippen molar-refractivity contribution in [3.05, 3.63) is 41.7 Å². The molecule has 1 atom stereocenters. The van der Waals surface area contributed by atoms with Crippen LogP contribution >= 0.6 is 0 Å². The summed E-state index contributed by atoms with van der Waals surface area (Å²) in [5.41, 5.74) is -1.19. The van der Waals surface area contributed by atoms with E-state index in [1.807, 2.05) is 31.1 Å². The molecule has 1 unspecified atom stereocenters. The number of sulfonamides is 1. The lowest BCUT2D eigenvalue weighted by atomic mass is 10.1. The second-order valence-corrected chi connectivity index (χ2v) is 10.8. The fraction of sp³-hybridized carbons (Fsp3) is 0.545. The van der Waals surface area contributed by atoms with E-state index in [1.54, 1.807) is 0 Å². The Hall–Kier alpha value is -2.48. The highest BCUT2D eigenvalue weighted by molar-refractivity contribution is 7.89. The van der Waals surface area contributed by atoms with E-state index < -0.39 is 33.5 Å². The summed E-state index contributed by atoms with van der Waals surface area (Å²) in [4.78, 5) is 17.9. The van der Waals surface area contributed by atoms with E-state index in [1.165, 1.54) is 35.6 Å². The van der Waals surface area contributed by atoms with Crippen molar-refractivity contribution in [3.8, 4) is 0 Å². The first kappa shape index (κ1) is 27.1. The lowest BCUT2D eigenvalue weighted by molar-refractivity contribution is -0.141. The highest BCUT2D eigenvalue weighted by Gasteiger charge is 2.36. The molecule has 13 heteroatoms. The summed E-state index contributed by atoms with van der Waals surface area (Å²) in [6.07, 6.45) is -2.44. The summed E-state index contributed by atoms with van der Waals surface area (Å²) in [5.74, 6) is -0.758. The lowest BCUT2D eigenvalue weighted by Gasteiger charge is -2.40. The second kappa shape index (κ2) is 10.6. The first-order valence-corrected chi connectivity index (χ1v) is 12.6.